The Hall–Kier alpha value is -1.79. The minimum Gasteiger partial charge on any atom is -0.371 e. The van der Waals surface area contributed by atoms with E-state index in [1.165, 1.54) is 0 Å². The van der Waals surface area contributed by atoms with Crippen molar-refractivity contribution in [2.24, 2.45) is 0 Å². The van der Waals surface area contributed by atoms with Crippen LogP contribution in [0, 0.1) is 0 Å². The molecular weight excluding hydrogens is 266 g/mol. The number of hydrogen-bond acceptors (Lipinski definition) is 5. The molecule has 0 saturated heterocycles. The molecule has 2 aromatic heterocycles. The molecule has 0 fully saturated rings. The lowest BCUT2D eigenvalue weighted by Gasteiger charge is -2.30. The van der Waals surface area contributed by atoms with E-state index in [0.29, 0.717) is 0 Å². The molecular formula is C15H21N5O. The molecule has 6 heteroatoms. The standard InChI is InChI=1S/C15H21N5O/c1-4-15(2,21-3)14-19-18-13-12(17-9-10-20(13)14)11-5-7-16-8-6-11/h5-8,12,17H,4,9-10H2,1-3H3. The van der Waals surface area contributed by atoms with Gasteiger partial charge in [0.2, 0.25) is 0 Å². The summed E-state index contributed by atoms with van der Waals surface area (Å²) in [5.74, 6) is 1.85. The molecule has 0 radical (unpaired) electrons. The molecule has 6 nitrogen and oxygen atoms in total. The summed E-state index contributed by atoms with van der Waals surface area (Å²) >= 11 is 0. The van der Waals surface area contributed by atoms with Gasteiger partial charge in [-0.25, -0.2) is 0 Å². The van der Waals surface area contributed by atoms with Crippen LogP contribution < -0.4 is 5.32 Å². The summed E-state index contributed by atoms with van der Waals surface area (Å²) in [7, 11) is 1.73. The highest BCUT2D eigenvalue weighted by atomic mass is 16.5. The average molecular weight is 287 g/mol. The van der Waals surface area contributed by atoms with Gasteiger partial charge >= 0.3 is 0 Å². The number of nitrogens with one attached hydrogen (secondary N) is 1. The van der Waals surface area contributed by atoms with Gasteiger partial charge in [0.1, 0.15) is 5.60 Å². The maximum absolute atomic E-state index is 5.68. The number of pyridine rings is 1. The fourth-order valence-electron chi connectivity index (χ4n) is 2.77. The first-order valence-electron chi connectivity index (χ1n) is 7.31. The van der Waals surface area contributed by atoms with Gasteiger partial charge in [-0.1, -0.05) is 6.92 Å². The monoisotopic (exact) mass is 287 g/mol. The first-order chi connectivity index (χ1) is 10.2. The van der Waals surface area contributed by atoms with Crippen LogP contribution in [0.25, 0.3) is 0 Å². The molecule has 2 aromatic rings. The first kappa shape index (κ1) is 14.2. The maximum Gasteiger partial charge on any atom is 0.165 e. The molecule has 2 atom stereocenters. The van der Waals surface area contributed by atoms with Crippen LogP contribution in [0.4, 0.5) is 0 Å². The highest BCUT2D eigenvalue weighted by Gasteiger charge is 2.35. The van der Waals surface area contributed by atoms with Crippen LogP contribution in [0.5, 0.6) is 0 Å². The smallest absolute Gasteiger partial charge is 0.165 e. The van der Waals surface area contributed by atoms with E-state index < -0.39 is 5.60 Å². The molecule has 0 saturated carbocycles. The summed E-state index contributed by atoms with van der Waals surface area (Å²) in [6, 6.07) is 4.08. The molecule has 1 aliphatic heterocycles. The van der Waals surface area contributed by atoms with Crippen LogP contribution >= 0.6 is 0 Å². The van der Waals surface area contributed by atoms with E-state index in [1.54, 1.807) is 19.5 Å². The Labute approximate surface area is 124 Å². The summed E-state index contributed by atoms with van der Waals surface area (Å²) in [6.45, 7) is 5.91. The van der Waals surface area contributed by atoms with Crippen molar-refractivity contribution in [3.63, 3.8) is 0 Å². The van der Waals surface area contributed by atoms with Gasteiger partial charge in [0.25, 0.3) is 0 Å². The summed E-state index contributed by atoms with van der Waals surface area (Å²) in [6.07, 6.45) is 4.46. The average Bonchev–Trinajstić information content (AvgIpc) is 2.99. The van der Waals surface area contributed by atoms with E-state index in [9.17, 15) is 0 Å². The number of aromatic nitrogens is 4. The quantitative estimate of drug-likeness (QED) is 0.926. The fourth-order valence-corrected chi connectivity index (χ4v) is 2.77. The van der Waals surface area contributed by atoms with Gasteiger partial charge in [-0.05, 0) is 31.0 Å². The topological polar surface area (TPSA) is 64.9 Å². The second-order valence-corrected chi connectivity index (χ2v) is 5.49. The molecule has 0 amide bonds. The van der Waals surface area contributed by atoms with Crippen molar-refractivity contribution < 1.29 is 4.74 Å². The van der Waals surface area contributed by atoms with E-state index in [-0.39, 0.29) is 6.04 Å². The minimum absolute atomic E-state index is 0.0564. The summed E-state index contributed by atoms with van der Waals surface area (Å²) in [5.41, 5.74) is 0.756. The summed E-state index contributed by atoms with van der Waals surface area (Å²) < 4.78 is 7.87. The van der Waals surface area contributed by atoms with Crippen molar-refractivity contribution in [2.75, 3.05) is 13.7 Å². The van der Waals surface area contributed by atoms with Crippen LogP contribution in [-0.4, -0.2) is 33.4 Å². The second-order valence-electron chi connectivity index (χ2n) is 5.49. The molecule has 0 bridgehead atoms. The Kier molecular flexibility index (Phi) is 3.73. The molecule has 3 rings (SSSR count). The SMILES string of the molecule is CCC(C)(OC)c1nnc2n1CCNC2c1ccncc1. The number of rotatable bonds is 4. The van der Waals surface area contributed by atoms with Crippen molar-refractivity contribution >= 4 is 0 Å². The lowest BCUT2D eigenvalue weighted by atomic mass is 10.0. The van der Waals surface area contributed by atoms with E-state index >= 15 is 0 Å². The summed E-state index contributed by atoms with van der Waals surface area (Å²) in [4.78, 5) is 4.08. The van der Waals surface area contributed by atoms with E-state index in [4.69, 9.17) is 4.74 Å². The zero-order chi connectivity index (χ0) is 14.9. The van der Waals surface area contributed by atoms with Gasteiger partial charge in [-0.15, -0.1) is 10.2 Å². The van der Waals surface area contributed by atoms with Gasteiger partial charge in [0, 0.05) is 32.6 Å². The number of methoxy groups -OCH3 is 1. The van der Waals surface area contributed by atoms with Gasteiger partial charge in [-0.3, -0.25) is 4.98 Å². The van der Waals surface area contributed by atoms with Crippen molar-refractivity contribution in [1.29, 1.82) is 0 Å². The highest BCUT2D eigenvalue weighted by molar-refractivity contribution is 5.25. The van der Waals surface area contributed by atoms with Crippen LogP contribution in [0.1, 0.15) is 43.5 Å². The Balaban J connectivity index is 2.03. The fraction of sp³-hybridized carbons (Fsp3) is 0.533. The molecule has 0 aliphatic carbocycles. The van der Waals surface area contributed by atoms with Crippen LogP contribution in [-0.2, 0) is 16.9 Å². The highest BCUT2D eigenvalue weighted by Crippen LogP contribution is 2.31. The van der Waals surface area contributed by atoms with Gasteiger partial charge < -0.3 is 14.6 Å². The Bertz CT molecular complexity index is 606. The van der Waals surface area contributed by atoms with Crippen molar-refractivity contribution in [1.82, 2.24) is 25.1 Å². The minimum atomic E-state index is -0.397. The maximum atomic E-state index is 5.68. The van der Waals surface area contributed by atoms with Crippen LogP contribution in [0.2, 0.25) is 0 Å². The van der Waals surface area contributed by atoms with E-state index in [1.807, 2.05) is 12.1 Å². The van der Waals surface area contributed by atoms with Gasteiger partial charge in [0.15, 0.2) is 11.6 Å². The second kappa shape index (κ2) is 5.54. The zero-order valence-corrected chi connectivity index (χ0v) is 12.7. The Morgan fingerprint density at radius 3 is 2.81 bits per heavy atom. The molecule has 0 spiro atoms. The molecule has 1 N–H and O–H groups in total. The molecule has 3 heterocycles. The van der Waals surface area contributed by atoms with Gasteiger partial charge in [-0.2, -0.15) is 0 Å². The summed E-state index contributed by atoms with van der Waals surface area (Å²) in [5, 5.41) is 12.3. The molecule has 1 aliphatic rings. The number of fused-ring (bicyclic) bond motifs is 1. The Morgan fingerprint density at radius 1 is 1.38 bits per heavy atom. The molecule has 112 valence electrons. The predicted octanol–water partition coefficient (Wildman–Crippen LogP) is 1.64. The van der Waals surface area contributed by atoms with Crippen molar-refractivity contribution in [3.8, 4) is 0 Å². The van der Waals surface area contributed by atoms with Crippen molar-refractivity contribution in [2.45, 2.75) is 38.5 Å². The lowest BCUT2D eigenvalue weighted by molar-refractivity contribution is -0.0125. The van der Waals surface area contributed by atoms with E-state index in [0.717, 1.165) is 36.7 Å². The third kappa shape index (κ3) is 2.34. The number of ether oxygens (including phenoxy) is 1. The van der Waals surface area contributed by atoms with E-state index in [2.05, 4.69) is 38.9 Å². The molecule has 21 heavy (non-hydrogen) atoms. The lowest BCUT2D eigenvalue weighted by Crippen LogP contribution is -2.37. The third-order valence-corrected chi connectivity index (χ3v) is 4.36. The predicted molar refractivity (Wildman–Crippen MR) is 78.8 cm³/mol. The molecule has 0 aromatic carbocycles. The first-order valence-corrected chi connectivity index (χ1v) is 7.31. The van der Waals surface area contributed by atoms with Crippen molar-refractivity contribution in [3.05, 3.63) is 41.7 Å². The van der Waals surface area contributed by atoms with Crippen LogP contribution in [0.3, 0.4) is 0 Å². The third-order valence-electron chi connectivity index (χ3n) is 4.36. The van der Waals surface area contributed by atoms with Gasteiger partial charge in [0.05, 0.1) is 6.04 Å². The zero-order valence-electron chi connectivity index (χ0n) is 12.7. The normalized spacial score (nSPS) is 20.8. The number of nitrogens with zero attached hydrogens (tertiary/aromatic N) is 4. The van der Waals surface area contributed by atoms with Crippen LogP contribution in [0.15, 0.2) is 24.5 Å². The Morgan fingerprint density at radius 2 is 2.14 bits per heavy atom. The molecule has 2 unspecified atom stereocenters. The largest absolute Gasteiger partial charge is 0.371 e. The number of hydrogen-bond donors (Lipinski definition) is 1.